The molecule has 3 atom stereocenters. The Morgan fingerprint density at radius 2 is 1.27 bits per heavy atom. The van der Waals surface area contributed by atoms with Crippen LogP contribution in [0.25, 0.3) is 0 Å². The number of halogens is 9. The summed E-state index contributed by atoms with van der Waals surface area (Å²) in [6, 6.07) is 1.35. The smallest absolute Gasteiger partial charge is 0.387 e. The average molecular weight is 465 g/mol. The van der Waals surface area contributed by atoms with Gasteiger partial charge in [0.15, 0.2) is 5.69 Å². The Morgan fingerprint density at radius 1 is 0.800 bits per heavy atom. The summed E-state index contributed by atoms with van der Waals surface area (Å²) < 4.78 is 115. The molecule has 2 rings (SSSR count). The number of aromatic nitrogens is 2. The van der Waals surface area contributed by atoms with E-state index in [1.54, 1.807) is 0 Å². The molecule has 15 heteroatoms. The highest BCUT2D eigenvalue weighted by Gasteiger charge is 2.41. The maximum atomic E-state index is 12.9. The maximum absolute atomic E-state index is 12.9. The molecule has 5 nitrogen and oxygen atoms in total. The molecule has 0 saturated carbocycles. The second kappa shape index (κ2) is 8.00. The van der Waals surface area contributed by atoms with Gasteiger partial charge in [0.25, 0.3) is 0 Å². The lowest BCUT2D eigenvalue weighted by molar-refractivity contribution is -0.150. The van der Waals surface area contributed by atoms with Crippen LogP contribution in [0.4, 0.5) is 39.5 Å². The number of pyridine rings is 1. The van der Waals surface area contributed by atoms with Gasteiger partial charge in [-0.05, 0) is 17.7 Å². The van der Waals surface area contributed by atoms with Crippen molar-refractivity contribution in [2.75, 3.05) is 0 Å². The quantitative estimate of drug-likeness (QED) is 0.649. The first kappa shape index (κ1) is 23.8. The van der Waals surface area contributed by atoms with Gasteiger partial charge in [0.2, 0.25) is 0 Å². The monoisotopic (exact) mass is 465 g/mol. The van der Waals surface area contributed by atoms with Crippen LogP contribution in [0, 0.1) is 17.2 Å². The average Bonchev–Trinajstić information content (AvgIpc) is 3.10. The minimum Gasteiger partial charge on any atom is -0.387 e. The van der Waals surface area contributed by atoms with E-state index in [0.29, 0.717) is 5.38 Å². The molecule has 3 unspecified atom stereocenters. The van der Waals surface area contributed by atoms with Gasteiger partial charge in [-0.1, -0.05) is 0 Å². The van der Waals surface area contributed by atoms with Gasteiger partial charge in [-0.25, -0.2) is 9.97 Å². The summed E-state index contributed by atoms with van der Waals surface area (Å²) in [5, 5.41) is 29.2. The van der Waals surface area contributed by atoms with Gasteiger partial charge in [-0.2, -0.15) is 44.8 Å². The number of alkyl halides is 9. The molecule has 0 fully saturated rings. The van der Waals surface area contributed by atoms with Crippen LogP contribution in [-0.2, 0) is 18.5 Å². The van der Waals surface area contributed by atoms with Crippen LogP contribution in [0.1, 0.15) is 39.9 Å². The van der Waals surface area contributed by atoms with Gasteiger partial charge < -0.3 is 10.2 Å². The van der Waals surface area contributed by atoms with Crippen LogP contribution in [0.3, 0.4) is 0 Å². The molecule has 0 radical (unpaired) electrons. The summed E-state index contributed by atoms with van der Waals surface area (Å²) in [6.45, 7) is 0. The van der Waals surface area contributed by atoms with Gasteiger partial charge in [-0.15, -0.1) is 11.3 Å². The molecule has 0 aliphatic heterocycles. The van der Waals surface area contributed by atoms with Crippen molar-refractivity contribution in [3.05, 3.63) is 45.2 Å². The fraction of sp³-hybridized carbons (Fsp3) is 0.400. The van der Waals surface area contributed by atoms with Crippen LogP contribution < -0.4 is 0 Å². The molecular weight excluding hydrogens is 457 g/mol. The molecular formula is C15H8F9N3O2S. The zero-order chi connectivity index (χ0) is 23.1. The predicted octanol–water partition coefficient (Wildman–Crippen LogP) is 4.50. The first-order valence-corrected chi connectivity index (χ1v) is 8.38. The van der Waals surface area contributed by atoms with E-state index in [0.717, 1.165) is 0 Å². The molecule has 0 amide bonds. The summed E-state index contributed by atoms with van der Waals surface area (Å²) in [5.41, 5.74) is -6.55. The lowest BCUT2D eigenvalue weighted by Crippen LogP contribution is -2.22. The molecule has 0 bridgehead atoms. The van der Waals surface area contributed by atoms with Crippen LogP contribution in [-0.4, -0.2) is 20.2 Å². The highest BCUT2D eigenvalue weighted by Crippen LogP contribution is 2.40. The van der Waals surface area contributed by atoms with Gasteiger partial charge >= 0.3 is 18.5 Å². The van der Waals surface area contributed by atoms with Gasteiger partial charge in [0.05, 0.1) is 12.2 Å². The largest absolute Gasteiger partial charge is 0.434 e. The van der Waals surface area contributed by atoms with Crippen molar-refractivity contribution in [3.8, 4) is 6.07 Å². The molecule has 164 valence electrons. The van der Waals surface area contributed by atoms with E-state index in [1.165, 1.54) is 6.07 Å². The molecule has 2 N–H and O–H groups in total. The zero-order valence-corrected chi connectivity index (χ0v) is 14.8. The van der Waals surface area contributed by atoms with Gasteiger partial charge in [0, 0.05) is 5.38 Å². The van der Waals surface area contributed by atoms with Crippen molar-refractivity contribution >= 4 is 11.3 Å². The van der Waals surface area contributed by atoms with Crippen molar-refractivity contribution in [1.82, 2.24) is 9.97 Å². The van der Waals surface area contributed by atoms with Crippen LogP contribution in [0.15, 0.2) is 17.5 Å². The Bertz CT molecular complexity index is 914. The molecule has 0 aliphatic rings. The maximum Gasteiger partial charge on any atom is 0.434 e. The molecule has 0 spiro atoms. The minimum absolute atomic E-state index is 0.0416. The molecule has 2 aromatic heterocycles. The van der Waals surface area contributed by atoms with E-state index in [9.17, 15) is 49.7 Å². The summed E-state index contributed by atoms with van der Waals surface area (Å²) in [4.78, 5) is 5.48. The highest BCUT2D eigenvalue weighted by molar-refractivity contribution is 7.09. The molecule has 0 aliphatic carbocycles. The Labute approximate surface area is 165 Å². The number of thiazole rings is 1. The first-order valence-electron chi connectivity index (χ1n) is 7.50. The number of hydrogen-bond acceptors (Lipinski definition) is 6. The second-order valence-electron chi connectivity index (χ2n) is 5.78. The van der Waals surface area contributed by atoms with Crippen molar-refractivity contribution in [3.63, 3.8) is 0 Å². The van der Waals surface area contributed by atoms with Crippen LogP contribution >= 0.6 is 11.3 Å². The zero-order valence-electron chi connectivity index (χ0n) is 14.0. The lowest BCUT2D eigenvalue weighted by atomic mass is 9.91. The normalized spacial score (nSPS) is 16.1. The summed E-state index contributed by atoms with van der Waals surface area (Å²) in [7, 11) is 0. The number of nitrogens with zero attached hydrogens (tertiary/aromatic N) is 3. The molecule has 0 aromatic carbocycles. The Morgan fingerprint density at radius 3 is 1.63 bits per heavy atom. The van der Waals surface area contributed by atoms with Gasteiger partial charge in [-0.3, -0.25) is 0 Å². The van der Waals surface area contributed by atoms with Crippen molar-refractivity contribution in [2.45, 2.75) is 30.7 Å². The fourth-order valence-electron chi connectivity index (χ4n) is 2.24. The Hall–Kier alpha value is -2.44. The Kier molecular flexibility index (Phi) is 6.36. The molecule has 30 heavy (non-hydrogen) atoms. The van der Waals surface area contributed by atoms with Crippen molar-refractivity contribution in [1.29, 1.82) is 5.26 Å². The second-order valence-corrected chi connectivity index (χ2v) is 6.67. The van der Waals surface area contributed by atoms with E-state index in [-0.39, 0.29) is 23.5 Å². The SMILES string of the molecule is N#CC(C(O)c1cc(C(F)(F)F)nc(C(F)(F)F)c1)C(O)c1nc(C(F)(F)F)cs1. The third kappa shape index (κ3) is 5.18. The van der Waals surface area contributed by atoms with E-state index in [1.807, 2.05) is 0 Å². The molecule has 2 heterocycles. The number of hydrogen-bond donors (Lipinski definition) is 2. The van der Waals surface area contributed by atoms with E-state index in [2.05, 4.69) is 9.97 Å². The topological polar surface area (TPSA) is 90.0 Å². The lowest BCUT2D eigenvalue weighted by Gasteiger charge is -2.22. The highest BCUT2D eigenvalue weighted by atomic mass is 32.1. The van der Waals surface area contributed by atoms with Crippen LogP contribution in [0.5, 0.6) is 0 Å². The molecule has 0 saturated heterocycles. The summed E-state index contributed by atoms with van der Waals surface area (Å²) in [6.07, 6.45) is -20.2. The minimum atomic E-state index is -5.34. The Balaban J connectivity index is 2.47. The number of nitriles is 1. The van der Waals surface area contributed by atoms with Crippen molar-refractivity contribution < 1.29 is 49.7 Å². The van der Waals surface area contributed by atoms with E-state index < -0.39 is 64.3 Å². The number of rotatable bonds is 4. The van der Waals surface area contributed by atoms with Gasteiger partial charge in [0.1, 0.15) is 28.4 Å². The standard InChI is InChI=1S/C15H8F9N3O2S/c16-13(17,18)7-1-5(2-8(26-7)14(19,20)21)10(28)6(3-25)11(29)12-27-9(4-30-12)15(22,23)24/h1-2,4,6,10-11,28-29H. The third-order valence-corrected chi connectivity index (χ3v) is 4.58. The van der Waals surface area contributed by atoms with E-state index in [4.69, 9.17) is 5.26 Å². The van der Waals surface area contributed by atoms with Crippen LogP contribution in [0.2, 0.25) is 0 Å². The summed E-state index contributed by atoms with van der Waals surface area (Å²) >= 11 is 0.240. The summed E-state index contributed by atoms with van der Waals surface area (Å²) in [5.74, 6) is -2.14. The van der Waals surface area contributed by atoms with Crippen molar-refractivity contribution in [2.24, 2.45) is 5.92 Å². The number of aliphatic hydroxyl groups is 2. The molecule has 2 aromatic rings. The predicted molar refractivity (Wildman–Crippen MR) is 80.4 cm³/mol. The third-order valence-electron chi connectivity index (χ3n) is 3.66. The number of aliphatic hydroxyl groups excluding tert-OH is 2. The van der Waals surface area contributed by atoms with E-state index >= 15 is 0 Å². The fourth-order valence-corrected chi connectivity index (χ4v) is 3.10. The first-order chi connectivity index (χ1) is 13.6.